The number of carbonyl (C=O) groups is 1. The molecule has 2 aliphatic rings. The van der Waals surface area contributed by atoms with Gasteiger partial charge in [-0.15, -0.1) is 0 Å². The van der Waals surface area contributed by atoms with E-state index in [1.807, 2.05) is 48.6 Å². The minimum atomic E-state index is 0.157. The normalized spacial score (nSPS) is 29.4. The van der Waals surface area contributed by atoms with Gasteiger partial charge in [-0.3, -0.25) is 14.8 Å². The van der Waals surface area contributed by atoms with Crippen LogP contribution in [0.5, 0.6) is 0 Å². The molecular weight excluding hydrogens is 298 g/mol. The number of carbonyl (C=O) groups excluding carboxylic acids is 1. The highest BCUT2D eigenvalue weighted by Crippen LogP contribution is 2.30. The van der Waals surface area contributed by atoms with E-state index < -0.39 is 0 Å². The van der Waals surface area contributed by atoms with Gasteiger partial charge in [0.25, 0.3) is 0 Å². The fourth-order valence-electron chi connectivity index (χ4n) is 3.89. The Morgan fingerprint density at radius 1 is 0.917 bits per heavy atom. The summed E-state index contributed by atoms with van der Waals surface area (Å²) in [5.41, 5.74) is 3.44. The van der Waals surface area contributed by atoms with Gasteiger partial charge in [0.05, 0.1) is 29.6 Å². The molecule has 4 rings (SSSR count). The molecule has 4 heteroatoms. The molecule has 2 aliphatic heterocycles. The zero-order valence-electron chi connectivity index (χ0n) is 13.6. The predicted octanol–water partition coefficient (Wildman–Crippen LogP) is 1.57. The topological polar surface area (TPSA) is 47.3 Å². The first-order valence-corrected chi connectivity index (χ1v) is 8.37. The number of hydrogen-bond donors (Lipinski definition) is 1. The van der Waals surface area contributed by atoms with Gasteiger partial charge in [0.2, 0.25) is 0 Å². The van der Waals surface area contributed by atoms with Crippen molar-refractivity contribution >= 4 is 17.9 Å². The summed E-state index contributed by atoms with van der Waals surface area (Å²) in [6, 6.07) is 12.1. The lowest BCUT2D eigenvalue weighted by Crippen LogP contribution is -3.16. The zero-order valence-corrected chi connectivity index (χ0v) is 13.6. The van der Waals surface area contributed by atoms with E-state index in [0.29, 0.717) is 0 Å². The number of likely N-dealkylation sites (N-methyl/N-ethyl adjacent to an activating group) is 1. The first-order valence-electron chi connectivity index (χ1n) is 8.37. The van der Waals surface area contributed by atoms with Crippen molar-refractivity contribution < 1.29 is 9.69 Å². The van der Waals surface area contributed by atoms with Crippen molar-refractivity contribution in [3.63, 3.8) is 0 Å². The van der Waals surface area contributed by atoms with Gasteiger partial charge >= 0.3 is 0 Å². The molecule has 1 unspecified atom stereocenters. The highest BCUT2D eigenvalue weighted by Gasteiger charge is 2.48. The van der Waals surface area contributed by atoms with Crippen LogP contribution in [0.15, 0.2) is 59.9 Å². The number of ketones is 1. The number of fused-ring (bicyclic) bond motifs is 2. The fraction of sp³-hybridized carbons (Fsp3) is 0.250. The van der Waals surface area contributed by atoms with Crippen LogP contribution in [0.25, 0.3) is 12.2 Å². The maximum Gasteiger partial charge on any atom is 0.197 e. The van der Waals surface area contributed by atoms with Crippen LogP contribution >= 0.6 is 0 Å². The SMILES string of the molecule is C[NH+]1[C@@H]2CC[C@H]1C(=Cc1ccccn1)C(=O)/C2=C\c1ccccn1. The molecule has 0 aromatic carbocycles. The monoisotopic (exact) mass is 318 g/mol. The molecule has 0 spiro atoms. The molecule has 2 aromatic heterocycles. The third-order valence-corrected chi connectivity index (χ3v) is 5.10. The van der Waals surface area contributed by atoms with Crippen LogP contribution in [0.4, 0.5) is 0 Å². The molecular formula is C20H20N3O+. The Hall–Kier alpha value is -2.59. The average molecular weight is 318 g/mol. The first kappa shape index (κ1) is 15.0. The Balaban J connectivity index is 1.78. The average Bonchev–Trinajstić information content (AvgIpc) is 2.93. The molecule has 0 amide bonds. The molecule has 0 radical (unpaired) electrons. The quantitative estimate of drug-likeness (QED) is 0.855. The van der Waals surface area contributed by atoms with Gasteiger partial charge in [0.15, 0.2) is 5.78 Å². The number of Topliss-reactive ketones (excluding diaryl/α,β-unsaturated/α-hetero) is 1. The minimum Gasteiger partial charge on any atom is -0.325 e. The molecule has 4 nitrogen and oxygen atoms in total. The second kappa shape index (κ2) is 6.13. The molecule has 120 valence electrons. The number of quaternary nitrogens is 1. The first-order chi connectivity index (χ1) is 11.7. The van der Waals surface area contributed by atoms with Crippen molar-refractivity contribution in [1.82, 2.24) is 9.97 Å². The Morgan fingerprint density at radius 3 is 1.83 bits per heavy atom. The third-order valence-electron chi connectivity index (χ3n) is 5.10. The highest BCUT2D eigenvalue weighted by atomic mass is 16.1. The van der Waals surface area contributed by atoms with Crippen LogP contribution in [0, 0.1) is 0 Å². The number of pyridine rings is 2. The molecule has 2 saturated heterocycles. The number of aromatic nitrogens is 2. The Morgan fingerprint density at radius 2 is 1.42 bits per heavy atom. The van der Waals surface area contributed by atoms with Crippen molar-refractivity contribution in [1.29, 1.82) is 0 Å². The van der Waals surface area contributed by atoms with Crippen LogP contribution in [0.1, 0.15) is 24.2 Å². The second-order valence-corrected chi connectivity index (χ2v) is 6.46. The molecule has 0 saturated carbocycles. The molecule has 3 atom stereocenters. The molecule has 0 aliphatic carbocycles. The van der Waals surface area contributed by atoms with Crippen molar-refractivity contribution in [2.24, 2.45) is 0 Å². The van der Waals surface area contributed by atoms with Crippen molar-refractivity contribution in [3.05, 3.63) is 71.3 Å². The van der Waals surface area contributed by atoms with E-state index in [1.54, 1.807) is 12.4 Å². The smallest absolute Gasteiger partial charge is 0.197 e. The second-order valence-electron chi connectivity index (χ2n) is 6.46. The van der Waals surface area contributed by atoms with Gasteiger partial charge in [-0.05, 0) is 36.4 Å². The van der Waals surface area contributed by atoms with E-state index in [4.69, 9.17) is 0 Å². The van der Waals surface area contributed by atoms with Crippen molar-refractivity contribution in [2.45, 2.75) is 24.9 Å². The van der Waals surface area contributed by atoms with Gasteiger partial charge in [-0.2, -0.15) is 0 Å². The summed E-state index contributed by atoms with van der Waals surface area (Å²) in [5, 5.41) is 0. The molecule has 2 fully saturated rings. The number of piperidine rings is 1. The van der Waals surface area contributed by atoms with Crippen LogP contribution < -0.4 is 4.90 Å². The summed E-state index contributed by atoms with van der Waals surface area (Å²) in [7, 11) is 2.19. The summed E-state index contributed by atoms with van der Waals surface area (Å²) in [4.78, 5) is 23.2. The van der Waals surface area contributed by atoms with Gasteiger partial charge in [-0.1, -0.05) is 12.1 Å². The predicted molar refractivity (Wildman–Crippen MR) is 93.1 cm³/mol. The summed E-state index contributed by atoms with van der Waals surface area (Å²) in [5.74, 6) is 0.157. The Labute approximate surface area is 141 Å². The Bertz CT molecular complexity index is 744. The van der Waals surface area contributed by atoms with Gasteiger partial charge in [-0.25, -0.2) is 0 Å². The van der Waals surface area contributed by atoms with Gasteiger partial charge in [0, 0.05) is 25.2 Å². The lowest BCUT2D eigenvalue weighted by molar-refractivity contribution is -0.906. The van der Waals surface area contributed by atoms with Gasteiger partial charge in [0.1, 0.15) is 12.1 Å². The standard InChI is InChI=1S/C20H19N3O/c1-23-18-8-9-19(23)17(13-15-7-3-5-11-22-15)20(24)16(18)12-14-6-2-4-10-21-14/h2-7,10-13,18-19H,8-9H2,1H3/p+1/b16-12-,17-13?/t18-,19+/m1/s1. The number of rotatable bonds is 2. The van der Waals surface area contributed by atoms with Crippen LogP contribution in [0.2, 0.25) is 0 Å². The van der Waals surface area contributed by atoms with Gasteiger partial charge < -0.3 is 4.90 Å². The minimum absolute atomic E-state index is 0.157. The van der Waals surface area contributed by atoms with Crippen molar-refractivity contribution in [2.75, 3.05) is 7.05 Å². The molecule has 4 heterocycles. The molecule has 24 heavy (non-hydrogen) atoms. The van der Waals surface area contributed by atoms with E-state index in [0.717, 1.165) is 35.4 Å². The number of nitrogens with zero attached hydrogens (tertiary/aromatic N) is 2. The third kappa shape index (κ3) is 2.59. The number of nitrogens with one attached hydrogen (secondary N) is 1. The largest absolute Gasteiger partial charge is 0.325 e. The molecule has 1 N–H and O–H groups in total. The lowest BCUT2D eigenvalue weighted by atomic mass is 9.89. The summed E-state index contributed by atoms with van der Waals surface area (Å²) >= 11 is 0. The zero-order chi connectivity index (χ0) is 16.5. The van der Waals surface area contributed by atoms with Crippen LogP contribution in [-0.2, 0) is 4.79 Å². The summed E-state index contributed by atoms with van der Waals surface area (Å²) in [6.45, 7) is 0. The molecule has 2 bridgehead atoms. The van der Waals surface area contributed by atoms with E-state index >= 15 is 0 Å². The maximum absolute atomic E-state index is 13.1. The Kier molecular flexibility index (Phi) is 3.82. The lowest BCUT2D eigenvalue weighted by Gasteiger charge is -2.31. The summed E-state index contributed by atoms with van der Waals surface area (Å²) < 4.78 is 0. The van der Waals surface area contributed by atoms with Crippen LogP contribution in [0.3, 0.4) is 0 Å². The van der Waals surface area contributed by atoms with E-state index in [9.17, 15) is 4.79 Å². The van der Waals surface area contributed by atoms with Crippen LogP contribution in [-0.4, -0.2) is 34.9 Å². The van der Waals surface area contributed by atoms with E-state index in [1.165, 1.54) is 4.90 Å². The summed E-state index contributed by atoms with van der Waals surface area (Å²) in [6.07, 6.45) is 9.53. The highest BCUT2D eigenvalue weighted by molar-refractivity contribution is 6.15. The molecule has 2 aromatic rings. The maximum atomic E-state index is 13.1. The van der Waals surface area contributed by atoms with E-state index in [-0.39, 0.29) is 17.9 Å². The van der Waals surface area contributed by atoms with Crippen molar-refractivity contribution in [3.8, 4) is 0 Å². The van der Waals surface area contributed by atoms with E-state index in [2.05, 4.69) is 17.0 Å². The fourth-order valence-corrected chi connectivity index (χ4v) is 3.89. The number of hydrogen-bond acceptors (Lipinski definition) is 3.